The van der Waals surface area contributed by atoms with Gasteiger partial charge in [-0.1, -0.05) is 24.3 Å². The molecule has 0 amide bonds. The van der Waals surface area contributed by atoms with Gasteiger partial charge in [-0.05, 0) is 38.5 Å². The molecule has 0 aliphatic carbocycles. The molecular formula is C16H26O4. The quantitative estimate of drug-likeness (QED) is 0.672. The van der Waals surface area contributed by atoms with E-state index in [1.54, 1.807) is 0 Å². The van der Waals surface area contributed by atoms with Gasteiger partial charge in [-0.15, -0.1) is 0 Å². The molecule has 4 heteroatoms. The Morgan fingerprint density at radius 1 is 0.750 bits per heavy atom. The predicted octanol–water partition coefficient (Wildman–Crippen LogP) is 3.19. The van der Waals surface area contributed by atoms with Gasteiger partial charge < -0.3 is 18.9 Å². The molecule has 0 aromatic carbocycles. The van der Waals surface area contributed by atoms with Crippen LogP contribution in [0.15, 0.2) is 24.3 Å². The largest absolute Gasteiger partial charge is 0.353 e. The number of allylic oxidation sites excluding steroid dienone is 2. The minimum atomic E-state index is -0.0100. The Morgan fingerprint density at radius 2 is 1.25 bits per heavy atom. The van der Waals surface area contributed by atoms with E-state index in [2.05, 4.69) is 0 Å². The molecule has 0 aromatic rings. The van der Waals surface area contributed by atoms with Crippen LogP contribution in [0.25, 0.3) is 0 Å². The summed E-state index contributed by atoms with van der Waals surface area (Å²) in [6.45, 7) is 2.85. The third kappa shape index (κ3) is 6.66. The number of rotatable bonds is 7. The van der Waals surface area contributed by atoms with Gasteiger partial charge in [0.2, 0.25) is 0 Å². The summed E-state index contributed by atoms with van der Waals surface area (Å²) >= 11 is 0. The van der Waals surface area contributed by atoms with Gasteiger partial charge in [-0.25, -0.2) is 0 Å². The Morgan fingerprint density at radius 3 is 1.65 bits per heavy atom. The van der Waals surface area contributed by atoms with Crippen LogP contribution in [0.2, 0.25) is 0 Å². The van der Waals surface area contributed by atoms with Gasteiger partial charge in [0, 0.05) is 13.2 Å². The van der Waals surface area contributed by atoms with Crippen LogP contribution in [-0.2, 0) is 18.9 Å². The third-order valence-electron chi connectivity index (χ3n) is 3.42. The van der Waals surface area contributed by atoms with E-state index < -0.39 is 0 Å². The fourth-order valence-corrected chi connectivity index (χ4v) is 2.28. The van der Waals surface area contributed by atoms with E-state index in [0.29, 0.717) is 13.2 Å². The molecule has 0 bridgehead atoms. The summed E-state index contributed by atoms with van der Waals surface area (Å²) in [7, 11) is 0. The molecule has 20 heavy (non-hydrogen) atoms. The standard InChI is InChI=1S/C16H26O4/c1(5-11-17-15-9-3-7-13-19-15)2-6-12-18-16-10-4-8-14-20-16/h1-2,5-6,15-16H,3-4,7-14H2/b5-1+,6-2+. The Bertz CT molecular complexity index is 259. The average Bonchev–Trinajstić information content (AvgIpc) is 2.52. The van der Waals surface area contributed by atoms with E-state index in [-0.39, 0.29) is 12.6 Å². The van der Waals surface area contributed by atoms with Gasteiger partial charge in [0.15, 0.2) is 12.6 Å². The Labute approximate surface area is 121 Å². The van der Waals surface area contributed by atoms with E-state index in [4.69, 9.17) is 18.9 Å². The lowest BCUT2D eigenvalue weighted by Gasteiger charge is -2.22. The highest BCUT2D eigenvalue weighted by molar-refractivity contribution is 5.02. The molecule has 114 valence electrons. The maximum Gasteiger partial charge on any atom is 0.157 e. The lowest BCUT2D eigenvalue weighted by atomic mass is 10.2. The van der Waals surface area contributed by atoms with Gasteiger partial charge in [0.05, 0.1) is 13.2 Å². The molecule has 0 spiro atoms. The van der Waals surface area contributed by atoms with Crippen molar-refractivity contribution in [1.29, 1.82) is 0 Å². The molecule has 2 saturated heterocycles. The molecule has 0 saturated carbocycles. The third-order valence-corrected chi connectivity index (χ3v) is 3.42. The van der Waals surface area contributed by atoms with Crippen LogP contribution < -0.4 is 0 Å². The van der Waals surface area contributed by atoms with Crippen molar-refractivity contribution in [3.63, 3.8) is 0 Å². The summed E-state index contributed by atoms with van der Waals surface area (Å²) < 4.78 is 22.1. The highest BCUT2D eigenvalue weighted by Gasteiger charge is 2.13. The van der Waals surface area contributed by atoms with Crippen molar-refractivity contribution >= 4 is 0 Å². The fourth-order valence-electron chi connectivity index (χ4n) is 2.28. The van der Waals surface area contributed by atoms with Gasteiger partial charge in [-0.2, -0.15) is 0 Å². The average molecular weight is 282 g/mol. The Balaban J connectivity index is 1.46. The Hall–Kier alpha value is -0.680. The zero-order valence-corrected chi connectivity index (χ0v) is 12.2. The summed E-state index contributed by atoms with van der Waals surface area (Å²) in [6, 6.07) is 0. The minimum Gasteiger partial charge on any atom is -0.353 e. The van der Waals surface area contributed by atoms with Gasteiger partial charge >= 0.3 is 0 Å². The SMILES string of the molecule is C(/C=C/COC1CCCCO1)=C\COC1CCCCO1. The molecule has 0 N–H and O–H groups in total. The molecular weight excluding hydrogens is 256 g/mol. The molecule has 4 nitrogen and oxygen atoms in total. The highest BCUT2D eigenvalue weighted by Crippen LogP contribution is 2.14. The fraction of sp³-hybridized carbons (Fsp3) is 0.750. The molecule has 2 heterocycles. The molecule has 2 fully saturated rings. The van der Waals surface area contributed by atoms with Gasteiger partial charge in [0.1, 0.15) is 0 Å². The van der Waals surface area contributed by atoms with Gasteiger partial charge in [-0.3, -0.25) is 0 Å². The van der Waals surface area contributed by atoms with E-state index in [0.717, 1.165) is 38.9 Å². The first-order valence-corrected chi connectivity index (χ1v) is 7.73. The van der Waals surface area contributed by atoms with Crippen molar-refractivity contribution in [3.8, 4) is 0 Å². The normalized spacial score (nSPS) is 28.4. The summed E-state index contributed by atoms with van der Waals surface area (Å²) in [5, 5.41) is 0. The molecule has 0 radical (unpaired) electrons. The van der Waals surface area contributed by atoms with Gasteiger partial charge in [0.25, 0.3) is 0 Å². The summed E-state index contributed by atoms with van der Waals surface area (Å²) in [6.07, 6.45) is 14.7. The van der Waals surface area contributed by atoms with E-state index >= 15 is 0 Å². The zero-order chi connectivity index (χ0) is 13.9. The summed E-state index contributed by atoms with van der Waals surface area (Å²) in [5.74, 6) is 0. The molecule has 2 rings (SSSR count). The smallest absolute Gasteiger partial charge is 0.157 e. The first kappa shape index (κ1) is 15.7. The molecule has 2 aliphatic heterocycles. The zero-order valence-electron chi connectivity index (χ0n) is 12.2. The van der Waals surface area contributed by atoms with Crippen molar-refractivity contribution in [1.82, 2.24) is 0 Å². The van der Waals surface area contributed by atoms with Crippen molar-refractivity contribution in [2.45, 2.75) is 51.1 Å². The molecule has 2 aliphatic rings. The van der Waals surface area contributed by atoms with Crippen LogP contribution in [0.5, 0.6) is 0 Å². The first-order valence-electron chi connectivity index (χ1n) is 7.73. The van der Waals surface area contributed by atoms with E-state index in [9.17, 15) is 0 Å². The van der Waals surface area contributed by atoms with Crippen LogP contribution in [0.1, 0.15) is 38.5 Å². The van der Waals surface area contributed by atoms with Crippen LogP contribution in [0, 0.1) is 0 Å². The predicted molar refractivity (Wildman–Crippen MR) is 77.4 cm³/mol. The van der Waals surface area contributed by atoms with Crippen molar-refractivity contribution in [2.24, 2.45) is 0 Å². The van der Waals surface area contributed by atoms with E-state index in [1.165, 1.54) is 12.8 Å². The van der Waals surface area contributed by atoms with Crippen molar-refractivity contribution < 1.29 is 18.9 Å². The monoisotopic (exact) mass is 282 g/mol. The van der Waals surface area contributed by atoms with E-state index in [1.807, 2.05) is 24.3 Å². The van der Waals surface area contributed by atoms with Crippen LogP contribution in [0.4, 0.5) is 0 Å². The maximum absolute atomic E-state index is 5.59. The summed E-state index contributed by atoms with van der Waals surface area (Å²) in [4.78, 5) is 0. The lowest BCUT2D eigenvalue weighted by molar-refractivity contribution is -0.155. The maximum atomic E-state index is 5.59. The number of hydrogen-bond acceptors (Lipinski definition) is 4. The van der Waals surface area contributed by atoms with Crippen LogP contribution in [-0.4, -0.2) is 39.0 Å². The molecule has 0 aromatic heterocycles. The second-order valence-corrected chi connectivity index (χ2v) is 5.12. The second kappa shape index (κ2) is 10.1. The van der Waals surface area contributed by atoms with Crippen LogP contribution in [0.3, 0.4) is 0 Å². The lowest BCUT2D eigenvalue weighted by Crippen LogP contribution is -2.22. The highest BCUT2D eigenvalue weighted by atomic mass is 16.7. The molecule has 2 unspecified atom stereocenters. The number of hydrogen-bond donors (Lipinski definition) is 0. The van der Waals surface area contributed by atoms with Crippen molar-refractivity contribution in [3.05, 3.63) is 24.3 Å². The topological polar surface area (TPSA) is 36.9 Å². The Kier molecular flexibility index (Phi) is 7.93. The first-order chi connectivity index (χ1) is 9.95. The minimum absolute atomic E-state index is 0.0100. The summed E-state index contributed by atoms with van der Waals surface area (Å²) in [5.41, 5.74) is 0. The number of ether oxygens (including phenoxy) is 4. The molecule has 2 atom stereocenters. The van der Waals surface area contributed by atoms with Crippen LogP contribution >= 0.6 is 0 Å². The van der Waals surface area contributed by atoms with Crippen molar-refractivity contribution in [2.75, 3.05) is 26.4 Å². The second-order valence-electron chi connectivity index (χ2n) is 5.12.